The molecule has 1 aromatic rings. The second kappa shape index (κ2) is 8.21. The van der Waals surface area contributed by atoms with Crippen LogP contribution in [-0.4, -0.2) is 38.6 Å². The molecule has 0 radical (unpaired) electrons. The minimum absolute atomic E-state index is 0.0811. The van der Waals surface area contributed by atoms with E-state index in [2.05, 4.69) is 14.8 Å². The molecule has 0 bridgehead atoms. The molecular formula is C13H15F2NO4. The van der Waals surface area contributed by atoms with Crippen molar-refractivity contribution in [2.45, 2.75) is 12.8 Å². The summed E-state index contributed by atoms with van der Waals surface area (Å²) in [6, 6.07) is 6.34. The van der Waals surface area contributed by atoms with Gasteiger partial charge in [-0.3, -0.25) is 4.79 Å². The van der Waals surface area contributed by atoms with Crippen molar-refractivity contribution < 1.29 is 27.8 Å². The van der Waals surface area contributed by atoms with Gasteiger partial charge in [0.25, 0.3) is 6.43 Å². The summed E-state index contributed by atoms with van der Waals surface area (Å²) in [4.78, 5) is 23.1. The third kappa shape index (κ3) is 5.31. The molecule has 1 N–H and O–H groups in total. The van der Waals surface area contributed by atoms with Crippen LogP contribution in [0, 0.1) is 0 Å². The average molecular weight is 287 g/mol. The zero-order valence-corrected chi connectivity index (χ0v) is 10.9. The second-order valence-electron chi connectivity index (χ2n) is 3.80. The second-order valence-corrected chi connectivity index (χ2v) is 3.80. The Bertz CT molecular complexity index is 465. The van der Waals surface area contributed by atoms with E-state index in [9.17, 15) is 18.4 Å². The van der Waals surface area contributed by atoms with Gasteiger partial charge in [0.2, 0.25) is 5.91 Å². The number of amides is 1. The molecule has 5 nitrogen and oxygen atoms in total. The summed E-state index contributed by atoms with van der Waals surface area (Å²) in [6.45, 7) is -0.817. The summed E-state index contributed by atoms with van der Waals surface area (Å²) in [5.41, 5.74) is 0.523. The summed E-state index contributed by atoms with van der Waals surface area (Å²) in [6.07, 6.45) is -2.64. The van der Waals surface area contributed by atoms with Gasteiger partial charge in [0.1, 0.15) is 6.61 Å². The molecule has 0 aliphatic carbocycles. The molecule has 1 rings (SSSR count). The number of carbonyl (C=O) groups excluding carboxylic acids is 2. The van der Waals surface area contributed by atoms with E-state index in [1.807, 2.05) is 0 Å². The van der Waals surface area contributed by atoms with E-state index in [0.29, 0.717) is 5.69 Å². The average Bonchev–Trinajstić information content (AvgIpc) is 2.43. The highest BCUT2D eigenvalue weighted by atomic mass is 19.3. The van der Waals surface area contributed by atoms with Crippen molar-refractivity contribution in [1.82, 2.24) is 0 Å². The SMILES string of the molecule is COC(=O)c1ccccc1NC(=O)CCOCC(F)F. The van der Waals surface area contributed by atoms with E-state index in [-0.39, 0.29) is 18.6 Å². The summed E-state index contributed by atoms with van der Waals surface area (Å²) in [5, 5.41) is 2.51. The third-order valence-corrected chi connectivity index (χ3v) is 2.32. The van der Waals surface area contributed by atoms with Gasteiger partial charge < -0.3 is 14.8 Å². The van der Waals surface area contributed by atoms with Crippen molar-refractivity contribution in [1.29, 1.82) is 0 Å². The number of hydrogen-bond acceptors (Lipinski definition) is 4. The molecule has 20 heavy (non-hydrogen) atoms. The molecule has 0 spiro atoms. The molecular weight excluding hydrogens is 272 g/mol. The lowest BCUT2D eigenvalue weighted by Gasteiger charge is -2.09. The van der Waals surface area contributed by atoms with Crippen LogP contribution in [0.3, 0.4) is 0 Å². The first kappa shape index (κ1) is 16.0. The molecule has 0 heterocycles. The number of para-hydroxylation sites is 1. The number of esters is 1. The normalized spacial score (nSPS) is 10.4. The number of ether oxygens (including phenoxy) is 2. The first-order valence-electron chi connectivity index (χ1n) is 5.87. The van der Waals surface area contributed by atoms with Crippen LogP contribution in [0.25, 0.3) is 0 Å². The molecule has 7 heteroatoms. The van der Waals surface area contributed by atoms with Gasteiger partial charge in [0.15, 0.2) is 0 Å². The Morgan fingerprint density at radius 1 is 1.30 bits per heavy atom. The van der Waals surface area contributed by atoms with Crippen LogP contribution in [0.15, 0.2) is 24.3 Å². The Morgan fingerprint density at radius 3 is 2.65 bits per heavy atom. The van der Waals surface area contributed by atoms with Crippen LogP contribution in [0.4, 0.5) is 14.5 Å². The topological polar surface area (TPSA) is 64.6 Å². The van der Waals surface area contributed by atoms with Crippen molar-refractivity contribution >= 4 is 17.6 Å². The Balaban J connectivity index is 2.51. The van der Waals surface area contributed by atoms with Gasteiger partial charge in [-0.15, -0.1) is 0 Å². The van der Waals surface area contributed by atoms with Crippen LogP contribution in [0.5, 0.6) is 0 Å². The van der Waals surface area contributed by atoms with Gasteiger partial charge in [0, 0.05) is 0 Å². The lowest BCUT2D eigenvalue weighted by atomic mass is 10.1. The largest absolute Gasteiger partial charge is 0.465 e. The molecule has 0 fully saturated rings. The fourth-order valence-electron chi connectivity index (χ4n) is 1.43. The Labute approximate surface area is 114 Å². The molecule has 0 saturated heterocycles. The van der Waals surface area contributed by atoms with Crippen LogP contribution in [0.2, 0.25) is 0 Å². The van der Waals surface area contributed by atoms with Crippen LogP contribution < -0.4 is 5.32 Å². The van der Waals surface area contributed by atoms with Crippen molar-refractivity contribution in [3.05, 3.63) is 29.8 Å². The number of carbonyl (C=O) groups is 2. The van der Waals surface area contributed by atoms with Crippen LogP contribution in [-0.2, 0) is 14.3 Å². The molecule has 0 aliphatic heterocycles. The molecule has 0 aliphatic rings. The number of rotatable bonds is 7. The zero-order valence-electron chi connectivity index (χ0n) is 10.9. The van der Waals surface area contributed by atoms with Crippen molar-refractivity contribution in [2.24, 2.45) is 0 Å². The third-order valence-electron chi connectivity index (χ3n) is 2.32. The number of nitrogens with one attached hydrogen (secondary N) is 1. The summed E-state index contributed by atoms with van der Waals surface area (Å²) >= 11 is 0. The lowest BCUT2D eigenvalue weighted by Crippen LogP contribution is -2.17. The van der Waals surface area contributed by atoms with E-state index in [4.69, 9.17) is 0 Å². The molecule has 0 saturated carbocycles. The van der Waals surface area contributed by atoms with Gasteiger partial charge in [-0.1, -0.05) is 12.1 Å². The zero-order chi connectivity index (χ0) is 15.0. The van der Waals surface area contributed by atoms with Crippen molar-refractivity contribution in [3.8, 4) is 0 Å². The smallest absolute Gasteiger partial charge is 0.339 e. The molecule has 0 aromatic heterocycles. The number of halogens is 2. The highest BCUT2D eigenvalue weighted by Gasteiger charge is 2.13. The fraction of sp³-hybridized carbons (Fsp3) is 0.385. The van der Waals surface area contributed by atoms with Crippen LogP contribution in [0.1, 0.15) is 16.8 Å². The maximum Gasteiger partial charge on any atom is 0.339 e. The minimum Gasteiger partial charge on any atom is -0.465 e. The standard InChI is InChI=1S/C13H15F2NO4/c1-19-13(18)9-4-2-3-5-10(9)16-12(17)6-7-20-8-11(14)15/h2-5,11H,6-8H2,1H3,(H,16,17). The number of anilines is 1. The molecule has 1 aromatic carbocycles. The number of benzene rings is 1. The quantitative estimate of drug-likeness (QED) is 0.616. The summed E-state index contributed by atoms with van der Waals surface area (Å²) in [5.74, 6) is -1.01. The fourth-order valence-corrected chi connectivity index (χ4v) is 1.43. The highest BCUT2D eigenvalue weighted by Crippen LogP contribution is 2.16. The van der Waals surface area contributed by atoms with Gasteiger partial charge >= 0.3 is 5.97 Å². The van der Waals surface area contributed by atoms with E-state index in [1.165, 1.54) is 13.2 Å². The molecule has 1 amide bonds. The molecule has 110 valence electrons. The Kier molecular flexibility index (Phi) is 6.58. The van der Waals surface area contributed by atoms with Crippen molar-refractivity contribution in [3.63, 3.8) is 0 Å². The van der Waals surface area contributed by atoms with Crippen molar-refractivity contribution in [2.75, 3.05) is 25.6 Å². The first-order chi connectivity index (χ1) is 9.54. The number of alkyl halides is 2. The maximum atomic E-state index is 11.8. The van der Waals surface area contributed by atoms with Crippen LogP contribution >= 0.6 is 0 Å². The number of methoxy groups -OCH3 is 1. The monoisotopic (exact) mass is 287 g/mol. The lowest BCUT2D eigenvalue weighted by molar-refractivity contribution is -0.117. The van der Waals surface area contributed by atoms with Gasteiger partial charge in [0.05, 0.1) is 31.4 Å². The first-order valence-corrected chi connectivity index (χ1v) is 5.87. The minimum atomic E-state index is -2.56. The summed E-state index contributed by atoms with van der Waals surface area (Å²) < 4.78 is 32.8. The maximum absolute atomic E-state index is 11.8. The van der Waals surface area contributed by atoms with Gasteiger partial charge in [-0.25, -0.2) is 13.6 Å². The Hall–Kier alpha value is -2.02. The molecule has 0 atom stereocenters. The predicted molar refractivity (Wildman–Crippen MR) is 67.9 cm³/mol. The molecule has 0 unspecified atom stereocenters. The highest BCUT2D eigenvalue weighted by molar-refractivity contribution is 6.01. The van der Waals surface area contributed by atoms with E-state index in [1.54, 1.807) is 18.2 Å². The van der Waals surface area contributed by atoms with Gasteiger partial charge in [-0.05, 0) is 12.1 Å². The Morgan fingerprint density at radius 2 is 2.00 bits per heavy atom. The van der Waals surface area contributed by atoms with E-state index >= 15 is 0 Å². The van der Waals surface area contributed by atoms with E-state index in [0.717, 1.165) is 0 Å². The van der Waals surface area contributed by atoms with Gasteiger partial charge in [-0.2, -0.15) is 0 Å². The van der Waals surface area contributed by atoms with E-state index < -0.39 is 24.9 Å². The number of hydrogen-bond donors (Lipinski definition) is 1. The predicted octanol–water partition coefficient (Wildman–Crippen LogP) is 2.08. The summed E-state index contributed by atoms with van der Waals surface area (Å²) in [7, 11) is 1.24.